The Morgan fingerprint density at radius 3 is 2.81 bits per heavy atom. The van der Waals surface area contributed by atoms with Crippen LogP contribution in [0.4, 0.5) is 0 Å². The van der Waals surface area contributed by atoms with E-state index >= 15 is 0 Å². The molecule has 5 rings (SSSR count). The van der Waals surface area contributed by atoms with Gasteiger partial charge >= 0.3 is 0 Å². The molecule has 27 heavy (non-hydrogen) atoms. The van der Waals surface area contributed by atoms with Gasteiger partial charge in [-0.3, -0.25) is 9.67 Å². The fraction of sp³-hybridized carbons (Fsp3) is 0.391. The molecular weight excluding hydrogens is 332 g/mol. The second kappa shape index (κ2) is 6.51. The van der Waals surface area contributed by atoms with Crippen LogP contribution in [0.3, 0.4) is 0 Å². The van der Waals surface area contributed by atoms with E-state index in [2.05, 4.69) is 58.2 Å². The van der Waals surface area contributed by atoms with Gasteiger partial charge in [-0.1, -0.05) is 31.1 Å². The molecule has 2 aromatic rings. The number of terminal acetylenes is 1. The lowest BCUT2D eigenvalue weighted by Crippen LogP contribution is -2.40. The van der Waals surface area contributed by atoms with Crippen LogP contribution in [-0.4, -0.2) is 20.8 Å². The number of pyridine rings is 1. The van der Waals surface area contributed by atoms with E-state index in [-0.39, 0.29) is 11.8 Å². The molecule has 0 aromatic carbocycles. The number of nitrogens with one attached hydrogen (secondary N) is 1. The van der Waals surface area contributed by atoms with Crippen molar-refractivity contribution in [3.8, 4) is 23.5 Å². The summed E-state index contributed by atoms with van der Waals surface area (Å²) in [6, 6.07) is 4.71. The smallest absolute Gasteiger partial charge is 0.0968 e. The summed E-state index contributed by atoms with van der Waals surface area (Å²) < 4.78 is 2.24. The molecular formula is C23H24N4. The van der Waals surface area contributed by atoms with Crippen LogP contribution in [0.25, 0.3) is 16.7 Å². The molecule has 0 saturated heterocycles. The Morgan fingerprint density at radius 1 is 1.26 bits per heavy atom. The van der Waals surface area contributed by atoms with Gasteiger partial charge in [0, 0.05) is 42.4 Å². The van der Waals surface area contributed by atoms with Crippen molar-refractivity contribution in [2.24, 2.45) is 17.8 Å². The van der Waals surface area contributed by atoms with Gasteiger partial charge in [-0.05, 0) is 42.0 Å². The van der Waals surface area contributed by atoms with Crippen LogP contribution in [0.15, 0.2) is 42.8 Å². The van der Waals surface area contributed by atoms with E-state index in [0.29, 0.717) is 6.04 Å². The number of nitrogens with zero attached hydrogens (tertiary/aromatic N) is 3. The van der Waals surface area contributed by atoms with E-state index < -0.39 is 0 Å². The predicted molar refractivity (Wildman–Crippen MR) is 107 cm³/mol. The van der Waals surface area contributed by atoms with Crippen LogP contribution in [0.2, 0.25) is 0 Å². The minimum Gasteiger partial charge on any atom is -0.306 e. The molecule has 1 aliphatic heterocycles. The monoisotopic (exact) mass is 356 g/mol. The summed E-state index contributed by atoms with van der Waals surface area (Å²) in [5.41, 5.74) is 5.98. The lowest BCUT2D eigenvalue weighted by Gasteiger charge is -2.25. The Morgan fingerprint density at radius 2 is 2.07 bits per heavy atom. The minimum absolute atomic E-state index is 0.117. The Kier molecular flexibility index (Phi) is 3.98. The molecule has 1 fully saturated rings. The van der Waals surface area contributed by atoms with Crippen molar-refractivity contribution in [2.75, 3.05) is 0 Å². The molecule has 0 bridgehead atoms. The van der Waals surface area contributed by atoms with E-state index in [9.17, 15) is 0 Å². The van der Waals surface area contributed by atoms with Crippen molar-refractivity contribution in [3.63, 3.8) is 0 Å². The van der Waals surface area contributed by atoms with Crippen molar-refractivity contribution >= 4 is 5.57 Å². The highest BCUT2D eigenvalue weighted by molar-refractivity contribution is 5.83. The molecule has 0 radical (unpaired) electrons. The second-order valence-electron chi connectivity index (χ2n) is 7.90. The summed E-state index contributed by atoms with van der Waals surface area (Å²) in [6.45, 7) is 4.02. The van der Waals surface area contributed by atoms with Gasteiger partial charge in [0.15, 0.2) is 0 Å². The van der Waals surface area contributed by atoms with Crippen LogP contribution in [0, 0.1) is 30.1 Å². The van der Waals surface area contributed by atoms with E-state index in [1.807, 2.05) is 12.4 Å². The molecule has 0 amide bonds. The first-order valence-electron chi connectivity index (χ1n) is 9.84. The van der Waals surface area contributed by atoms with Gasteiger partial charge in [0.25, 0.3) is 0 Å². The maximum Gasteiger partial charge on any atom is 0.0968 e. The fourth-order valence-electron chi connectivity index (χ4n) is 4.43. The van der Waals surface area contributed by atoms with Gasteiger partial charge in [0.2, 0.25) is 0 Å². The van der Waals surface area contributed by atoms with Gasteiger partial charge < -0.3 is 5.32 Å². The van der Waals surface area contributed by atoms with Gasteiger partial charge in [0.05, 0.1) is 17.9 Å². The van der Waals surface area contributed by atoms with E-state index in [1.54, 1.807) is 0 Å². The van der Waals surface area contributed by atoms with E-state index in [1.165, 1.54) is 35.2 Å². The van der Waals surface area contributed by atoms with Gasteiger partial charge in [-0.15, -0.1) is 6.42 Å². The number of hydrogen-bond donors (Lipinski definition) is 1. The lowest BCUT2D eigenvalue weighted by atomic mass is 9.81. The molecule has 4 heteroatoms. The largest absolute Gasteiger partial charge is 0.306 e. The quantitative estimate of drug-likeness (QED) is 0.854. The maximum atomic E-state index is 5.77. The van der Waals surface area contributed by atoms with Crippen LogP contribution in [-0.2, 0) is 13.1 Å². The van der Waals surface area contributed by atoms with Crippen molar-refractivity contribution in [3.05, 3.63) is 54.1 Å². The number of aromatic nitrogens is 3. The van der Waals surface area contributed by atoms with Crippen molar-refractivity contribution in [1.29, 1.82) is 0 Å². The second-order valence-corrected chi connectivity index (χ2v) is 7.90. The molecule has 2 aliphatic carbocycles. The minimum atomic E-state index is 0.117. The third kappa shape index (κ3) is 2.83. The highest BCUT2D eigenvalue weighted by atomic mass is 15.3. The first-order valence-corrected chi connectivity index (χ1v) is 9.84. The molecule has 3 atom stereocenters. The van der Waals surface area contributed by atoms with Crippen LogP contribution >= 0.6 is 0 Å². The summed E-state index contributed by atoms with van der Waals surface area (Å²) in [5, 5.41) is 8.87. The van der Waals surface area contributed by atoms with Crippen LogP contribution < -0.4 is 5.32 Å². The molecule has 0 spiro atoms. The topological polar surface area (TPSA) is 42.7 Å². The Hall–Kier alpha value is -2.64. The zero-order valence-electron chi connectivity index (χ0n) is 15.6. The summed E-state index contributed by atoms with van der Waals surface area (Å²) in [5.74, 6) is 4.11. The van der Waals surface area contributed by atoms with Crippen LogP contribution in [0.1, 0.15) is 31.2 Å². The average molecular weight is 356 g/mol. The number of hydrogen-bond acceptors (Lipinski definition) is 3. The third-order valence-corrected chi connectivity index (χ3v) is 6.21. The Balaban J connectivity index is 1.63. The third-order valence-electron chi connectivity index (χ3n) is 6.21. The van der Waals surface area contributed by atoms with Gasteiger partial charge in [0.1, 0.15) is 0 Å². The summed E-state index contributed by atoms with van der Waals surface area (Å²) in [7, 11) is 0. The summed E-state index contributed by atoms with van der Waals surface area (Å²) in [4.78, 5) is 4.20. The first-order chi connectivity index (χ1) is 13.3. The lowest BCUT2D eigenvalue weighted by molar-refractivity contribution is 0.339. The number of fused-ring (bicyclic) bond motifs is 1. The van der Waals surface area contributed by atoms with Gasteiger partial charge in [-0.25, -0.2) is 0 Å². The average Bonchev–Trinajstić information content (AvgIpc) is 3.49. The molecule has 1 N–H and O–H groups in total. The van der Waals surface area contributed by atoms with E-state index in [0.717, 1.165) is 24.7 Å². The summed E-state index contributed by atoms with van der Waals surface area (Å²) in [6.07, 6.45) is 18.5. The SMILES string of the molecule is C#CC1C=CC=C(c2nn3c(c2-c2ccncc2)CN[C@H](C2CC2)C3)C1C. The van der Waals surface area contributed by atoms with Crippen molar-refractivity contribution in [2.45, 2.75) is 38.9 Å². The molecule has 1 saturated carbocycles. The molecule has 4 nitrogen and oxygen atoms in total. The molecule has 3 heterocycles. The van der Waals surface area contributed by atoms with Crippen molar-refractivity contribution in [1.82, 2.24) is 20.1 Å². The maximum absolute atomic E-state index is 5.77. The highest BCUT2D eigenvalue weighted by Crippen LogP contribution is 2.41. The number of rotatable bonds is 3. The highest BCUT2D eigenvalue weighted by Gasteiger charge is 2.36. The molecule has 3 aliphatic rings. The number of allylic oxidation sites excluding steroid dienone is 4. The fourth-order valence-corrected chi connectivity index (χ4v) is 4.43. The van der Waals surface area contributed by atoms with Crippen LogP contribution in [0.5, 0.6) is 0 Å². The predicted octanol–water partition coefficient (Wildman–Crippen LogP) is 3.67. The molecule has 2 aromatic heterocycles. The zero-order chi connectivity index (χ0) is 18.4. The molecule has 2 unspecified atom stereocenters. The van der Waals surface area contributed by atoms with Gasteiger partial charge in [-0.2, -0.15) is 5.10 Å². The normalized spacial score (nSPS) is 27.0. The zero-order valence-corrected chi connectivity index (χ0v) is 15.6. The van der Waals surface area contributed by atoms with Crippen molar-refractivity contribution < 1.29 is 0 Å². The standard InChI is InChI=1S/C23H24N4/c1-3-16-5-4-6-19(15(16)2)23-22(18-9-11-24-12-10-18)21-13-25-20(17-7-8-17)14-27(21)26-23/h1,4-6,9-12,15-17,20,25H,7-8,13-14H2,2H3/t15?,16?,20-/m0/s1. The molecule has 136 valence electrons. The Labute approximate surface area is 160 Å². The Bertz CT molecular complexity index is 956. The summed E-state index contributed by atoms with van der Waals surface area (Å²) >= 11 is 0. The van der Waals surface area contributed by atoms with E-state index in [4.69, 9.17) is 11.5 Å². The first kappa shape index (κ1) is 16.5.